The van der Waals surface area contributed by atoms with Crippen LogP contribution in [0.3, 0.4) is 0 Å². The lowest BCUT2D eigenvalue weighted by molar-refractivity contribution is -0.136. The van der Waals surface area contributed by atoms with E-state index in [0.29, 0.717) is 18.8 Å². The molecule has 1 aromatic heterocycles. The molecule has 30 heavy (non-hydrogen) atoms. The second kappa shape index (κ2) is 8.22. The molecule has 1 aromatic carbocycles. The third-order valence-electron chi connectivity index (χ3n) is 6.25. The molecule has 3 heterocycles. The molecule has 0 spiro atoms. The van der Waals surface area contributed by atoms with E-state index in [-0.39, 0.29) is 36.4 Å². The number of para-hydroxylation sites is 1. The van der Waals surface area contributed by atoms with Crippen molar-refractivity contribution in [2.75, 3.05) is 26.8 Å². The maximum atomic E-state index is 13.7. The largest absolute Gasteiger partial charge is 0.375 e. The van der Waals surface area contributed by atoms with Gasteiger partial charge in [0.15, 0.2) is 0 Å². The minimum atomic E-state index is 0.0104. The van der Waals surface area contributed by atoms with Gasteiger partial charge in [-0.05, 0) is 37.8 Å². The van der Waals surface area contributed by atoms with Gasteiger partial charge in [-0.2, -0.15) is 5.10 Å². The highest BCUT2D eigenvalue weighted by atomic mass is 16.5. The monoisotopic (exact) mass is 410 g/mol. The average molecular weight is 411 g/mol. The quantitative estimate of drug-likeness (QED) is 0.760. The van der Waals surface area contributed by atoms with Crippen molar-refractivity contribution in [3.8, 4) is 5.69 Å². The Labute approximate surface area is 177 Å². The lowest BCUT2D eigenvalue weighted by atomic mass is 9.93. The number of likely N-dealkylation sites (tertiary alicyclic amines) is 1. The van der Waals surface area contributed by atoms with E-state index in [4.69, 9.17) is 9.84 Å². The highest BCUT2D eigenvalue weighted by molar-refractivity contribution is 5.99. The molecule has 2 aliphatic rings. The van der Waals surface area contributed by atoms with Crippen LogP contribution < -0.4 is 0 Å². The standard InChI is InChI=1S/C23H30N4O3/c1-15(2)21-20-16(3)24-27(18-8-6-5-7-9-18)22(20)23(29)26(21)17-10-12-25(13-11-17)19(28)14-30-4/h5-9,15,17,21H,10-14H2,1-4H3. The first-order valence-corrected chi connectivity index (χ1v) is 10.7. The van der Waals surface area contributed by atoms with E-state index in [1.54, 1.807) is 4.68 Å². The highest BCUT2D eigenvalue weighted by Crippen LogP contribution is 2.43. The Morgan fingerprint density at radius 1 is 1.20 bits per heavy atom. The van der Waals surface area contributed by atoms with Gasteiger partial charge in [0.05, 0.1) is 17.4 Å². The fourth-order valence-corrected chi connectivity index (χ4v) is 4.90. The summed E-state index contributed by atoms with van der Waals surface area (Å²) in [5, 5.41) is 4.72. The first kappa shape index (κ1) is 20.6. The number of rotatable bonds is 5. The lowest BCUT2D eigenvalue weighted by Gasteiger charge is -2.40. The van der Waals surface area contributed by atoms with E-state index in [1.165, 1.54) is 7.11 Å². The van der Waals surface area contributed by atoms with Gasteiger partial charge in [-0.15, -0.1) is 0 Å². The Hall–Kier alpha value is -2.67. The molecular weight excluding hydrogens is 380 g/mol. The van der Waals surface area contributed by atoms with Crippen LogP contribution in [0.2, 0.25) is 0 Å². The van der Waals surface area contributed by atoms with Gasteiger partial charge >= 0.3 is 0 Å². The number of nitrogens with zero attached hydrogens (tertiary/aromatic N) is 4. The maximum absolute atomic E-state index is 13.7. The first-order valence-electron chi connectivity index (χ1n) is 10.7. The maximum Gasteiger partial charge on any atom is 0.273 e. The van der Waals surface area contributed by atoms with Gasteiger partial charge in [0.25, 0.3) is 5.91 Å². The molecule has 0 N–H and O–H groups in total. The molecule has 0 aliphatic carbocycles. The Balaban J connectivity index is 1.64. The normalized spacial score (nSPS) is 19.6. The molecule has 7 nitrogen and oxygen atoms in total. The van der Waals surface area contributed by atoms with Crippen molar-refractivity contribution in [1.29, 1.82) is 0 Å². The second-order valence-electron chi connectivity index (χ2n) is 8.54. The molecule has 1 atom stereocenters. The van der Waals surface area contributed by atoms with E-state index in [0.717, 1.165) is 29.8 Å². The number of carbonyl (C=O) groups is 2. The number of hydrogen-bond acceptors (Lipinski definition) is 4. The van der Waals surface area contributed by atoms with Gasteiger partial charge in [-0.1, -0.05) is 32.0 Å². The SMILES string of the molecule is COCC(=O)N1CCC(N2C(=O)c3c(c(C)nn3-c3ccccc3)C2C(C)C)CC1. The molecule has 1 saturated heterocycles. The topological polar surface area (TPSA) is 67.7 Å². The van der Waals surface area contributed by atoms with Gasteiger partial charge in [0, 0.05) is 31.8 Å². The van der Waals surface area contributed by atoms with Crippen molar-refractivity contribution >= 4 is 11.8 Å². The molecule has 1 fully saturated rings. The molecule has 0 saturated carbocycles. The van der Waals surface area contributed by atoms with Crippen LogP contribution in [0, 0.1) is 12.8 Å². The number of piperidine rings is 1. The predicted molar refractivity (Wildman–Crippen MR) is 114 cm³/mol. The summed E-state index contributed by atoms with van der Waals surface area (Å²) in [6.45, 7) is 7.74. The highest BCUT2D eigenvalue weighted by Gasteiger charge is 2.47. The van der Waals surface area contributed by atoms with Gasteiger partial charge < -0.3 is 14.5 Å². The molecule has 0 radical (unpaired) electrons. The number of ether oxygens (including phenoxy) is 1. The van der Waals surface area contributed by atoms with Crippen LogP contribution in [-0.4, -0.2) is 64.2 Å². The summed E-state index contributed by atoms with van der Waals surface area (Å²) in [6, 6.07) is 9.97. The van der Waals surface area contributed by atoms with Crippen molar-refractivity contribution in [2.24, 2.45) is 5.92 Å². The predicted octanol–water partition coefficient (Wildman–Crippen LogP) is 2.97. The zero-order valence-electron chi connectivity index (χ0n) is 18.2. The van der Waals surface area contributed by atoms with E-state index >= 15 is 0 Å². The Kier molecular flexibility index (Phi) is 5.64. The molecule has 0 bridgehead atoms. The summed E-state index contributed by atoms with van der Waals surface area (Å²) in [6.07, 6.45) is 1.57. The van der Waals surface area contributed by atoms with Gasteiger partial charge in [-0.25, -0.2) is 4.68 Å². The number of carbonyl (C=O) groups excluding carboxylic acids is 2. The zero-order valence-corrected chi connectivity index (χ0v) is 18.2. The summed E-state index contributed by atoms with van der Waals surface area (Å²) in [5.41, 5.74) is 3.56. The van der Waals surface area contributed by atoms with Crippen molar-refractivity contribution in [1.82, 2.24) is 19.6 Å². The number of aromatic nitrogens is 2. The number of methoxy groups -OCH3 is 1. The van der Waals surface area contributed by atoms with Crippen molar-refractivity contribution in [3.63, 3.8) is 0 Å². The lowest BCUT2D eigenvalue weighted by Crippen LogP contribution is -2.49. The molecule has 160 valence electrons. The smallest absolute Gasteiger partial charge is 0.273 e. The van der Waals surface area contributed by atoms with E-state index in [9.17, 15) is 9.59 Å². The van der Waals surface area contributed by atoms with Crippen LogP contribution in [0.1, 0.15) is 54.5 Å². The fraction of sp³-hybridized carbons (Fsp3) is 0.522. The molecule has 7 heteroatoms. The van der Waals surface area contributed by atoms with Crippen LogP contribution >= 0.6 is 0 Å². The van der Waals surface area contributed by atoms with E-state index in [2.05, 4.69) is 18.7 Å². The molecule has 2 amide bonds. The van der Waals surface area contributed by atoms with Crippen LogP contribution in [-0.2, 0) is 9.53 Å². The number of aryl methyl sites for hydroxylation is 1. The molecule has 2 aliphatic heterocycles. The first-order chi connectivity index (χ1) is 14.4. The van der Waals surface area contributed by atoms with Crippen LogP contribution in [0.25, 0.3) is 5.69 Å². The second-order valence-corrected chi connectivity index (χ2v) is 8.54. The van der Waals surface area contributed by atoms with Crippen molar-refractivity contribution in [3.05, 3.63) is 47.3 Å². The molecule has 2 aromatic rings. The fourth-order valence-electron chi connectivity index (χ4n) is 4.90. The third-order valence-corrected chi connectivity index (χ3v) is 6.25. The van der Waals surface area contributed by atoms with Gasteiger partial charge in [0.2, 0.25) is 5.91 Å². The average Bonchev–Trinajstić information content (AvgIpc) is 3.24. The molecular formula is C23H30N4O3. The number of amides is 2. The molecule has 4 rings (SSSR count). The van der Waals surface area contributed by atoms with E-state index < -0.39 is 0 Å². The Morgan fingerprint density at radius 2 is 1.87 bits per heavy atom. The molecule has 1 unspecified atom stereocenters. The summed E-state index contributed by atoms with van der Waals surface area (Å²) in [7, 11) is 1.54. The zero-order chi connectivity index (χ0) is 21.4. The number of benzene rings is 1. The minimum Gasteiger partial charge on any atom is -0.375 e. The Morgan fingerprint density at radius 3 is 2.47 bits per heavy atom. The summed E-state index contributed by atoms with van der Waals surface area (Å²) in [4.78, 5) is 29.8. The minimum absolute atomic E-state index is 0.0104. The number of hydrogen-bond donors (Lipinski definition) is 0. The van der Waals surface area contributed by atoms with Gasteiger partial charge in [-0.3, -0.25) is 9.59 Å². The van der Waals surface area contributed by atoms with Crippen LogP contribution in [0.4, 0.5) is 0 Å². The summed E-state index contributed by atoms with van der Waals surface area (Å²) in [5.74, 6) is 0.341. The van der Waals surface area contributed by atoms with Crippen LogP contribution in [0.15, 0.2) is 30.3 Å². The Bertz CT molecular complexity index is 929. The van der Waals surface area contributed by atoms with E-state index in [1.807, 2.05) is 42.2 Å². The summed E-state index contributed by atoms with van der Waals surface area (Å²) < 4.78 is 6.79. The van der Waals surface area contributed by atoms with Crippen molar-refractivity contribution < 1.29 is 14.3 Å². The number of fused-ring (bicyclic) bond motifs is 1. The van der Waals surface area contributed by atoms with Crippen LogP contribution in [0.5, 0.6) is 0 Å². The van der Waals surface area contributed by atoms with Gasteiger partial charge in [0.1, 0.15) is 12.3 Å². The third kappa shape index (κ3) is 3.41. The van der Waals surface area contributed by atoms with Crippen molar-refractivity contribution in [2.45, 2.75) is 45.7 Å². The summed E-state index contributed by atoms with van der Waals surface area (Å²) >= 11 is 0.